The molecule has 4 nitrogen and oxygen atoms in total. The maximum Gasteiger partial charge on any atom is 0.411 e. The molecule has 25 heavy (non-hydrogen) atoms. The first-order chi connectivity index (χ1) is 12.0. The molecule has 1 N–H and O–H groups in total. The van der Waals surface area contributed by atoms with Gasteiger partial charge in [-0.05, 0) is 24.0 Å². The van der Waals surface area contributed by atoms with Crippen LogP contribution < -0.4 is 5.32 Å². The predicted molar refractivity (Wildman–Crippen MR) is 93.5 cm³/mol. The van der Waals surface area contributed by atoms with Crippen LogP contribution in [0.1, 0.15) is 18.4 Å². The van der Waals surface area contributed by atoms with Gasteiger partial charge >= 0.3 is 6.18 Å². The first-order valence-electron chi connectivity index (χ1n) is 8.34. The number of hydrogen-bond acceptors (Lipinski definition) is 2. The fourth-order valence-electron chi connectivity index (χ4n) is 2.67. The molecule has 0 atom stereocenters. The molecule has 1 aliphatic heterocycles. The zero-order valence-electron chi connectivity index (χ0n) is 14.4. The Balaban J connectivity index is 1.72. The Hall–Kier alpha value is -2.02. The lowest BCUT2D eigenvalue weighted by atomic mass is 10.00. The maximum atomic E-state index is 12.0. The van der Waals surface area contributed by atoms with Crippen molar-refractivity contribution in [1.82, 2.24) is 10.2 Å². The average Bonchev–Trinajstić information content (AvgIpc) is 2.61. The molecule has 0 fully saturated rings. The van der Waals surface area contributed by atoms with Gasteiger partial charge in [-0.25, -0.2) is 0 Å². The van der Waals surface area contributed by atoms with Crippen LogP contribution in [0.15, 0.2) is 41.4 Å². The van der Waals surface area contributed by atoms with Crippen LogP contribution in [0.25, 0.3) is 5.57 Å². The van der Waals surface area contributed by atoms with Gasteiger partial charge in [-0.1, -0.05) is 36.4 Å². The molecular weight excluding hydrogens is 331 g/mol. The Morgan fingerprint density at radius 2 is 2.04 bits per heavy atom. The normalized spacial score (nSPS) is 15.9. The molecular formula is C18H24F3N3O. The number of hydrogen-bond donors (Lipinski definition) is 1. The molecule has 1 aliphatic rings. The third kappa shape index (κ3) is 6.78. The molecule has 0 spiro atoms. The van der Waals surface area contributed by atoms with E-state index in [1.165, 1.54) is 11.1 Å². The molecule has 0 aromatic heterocycles. The highest BCUT2D eigenvalue weighted by molar-refractivity contribution is 5.81. The lowest BCUT2D eigenvalue weighted by Crippen LogP contribution is -2.43. The van der Waals surface area contributed by atoms with E-state index in [9.17, 15) is 13.2 Å². The number of benzene rings is 1. The van der Waals surface area contributed by atoms with Crippen LogP contribution in [0.4, 0.5) is 13.2 Å². The van der Waals surface area contributed by atoms with Gasteiger partial charge in [0.25, 0.3) is 0 Å². The van der Waals surface area contributed by atoms with Crippen LogP contribution in [0.3, 0.4) is 0 Å². The van der Waals surface area contributed by atoms with E-state index < -0.39 is 12.8 Å². The zero-order valence-corrected chi connectivity index (χ0v) is 14.4. The minimum absolute atomic E-state index is 0.0710. The van der Waals surface area contributed by atoms with Gasteiger partial charge in [-0.2, -0.15) is 13.2 Å². The summed E-state index contributed by atoms with van der Waals surface area (Å²) in [6.45, 7) is 1.01. The van der Waals surface area contributed by atoms with E-state index in [0.29, 0.717) is 13.0 Å². The lowest BCUT2D eigenvalue weighted by Gasteiger charge is -2.29. The molecule has 138 valence electrons. The quantitative estimate of drug-likeness (QED) is 0.483. The third-order valence-electron chi connectivity index (χ3n) is 3.88. The standard InChI is InChI=1S/C18H24F3N3O/c1-22-17(23-10-5-13-25-14-18(19,20)21)24-11-8-16(9-12-24)15-6-3-2-4-7-15/h2-4,6-8H,5,9-14H2,1H3,(H,22,23). The van der Waals surface area contributed by atoms with Crippen molar-refractivity contribution >= 4 is 11.5 Å². The Bertz CT molecular complexity index is 585. The molecule has 7 heteroatoms. The van der Waals surface area contributed by atoms with E-state index in [4.69, 9.17) is 0 Å². The average molecular weight is 355 g/mol. The summed E-state index contributed by atoms with van der Waals surface area (Å²) in [6.07, 6.45) is -0.647. The Kier molecular flexibility index (Phi) is 7.31. The van der Waals surface area contributed by atoms with Crippen LogP contribution in [-0.4, -0.2) is 56.9 Å². The van der Waals surface area contributed by atoms with E-state index in [-0.39, 0.29) is 6.61 Å². The number of nitrogens with zero attached hydrogens (tertiary/aromatic N) is 2. The van der Waals surface area contributed by atoms with Crippen molar-refractivity contribution in [3.05, 3.63) is 42.0 Å². The number of halogens is 3. The summed E-state index contributed by atoms with van der Waals surface area (Å²) >= 11 is 0. The van der Waals surface area contributed by atoms with E-state index in [1.54, 1.807) is 7.05 Å². The van der Waals surface area contributed by atoms with E-state index in [2.05, 4.69) is 38.2 Å². The van der Waals surface area contributed by atoms with Gasteiger partial charge in [0.1, 0.15) is 6.61 Å². The van der Waals surface area contributed by atoms with E-state index in [1.807, 2.05) is 18.2 Å². The van der Waals surface area contributed by atoms with Crippen LogP contribution in [-0.2, 0) is 4.74 Å². The predicted octanol–water partition coefficient (Wildman–Crippen LogP) is 3.32. The van der Waals surface area contributed by atoms with Crippen LogP contribution in [0.5, 0.6) is 0 Å². The van der Waals surface area contributed by atoms with Crippen LogP contribution >= 0.6 is 0 Å². The topological polar surface area (TPSA) is 36.9 Å². The van der Waals surface area contributed by atoms with Gasteiger partial charge in [0.05, 0.1) is 0 Å². The van der Waals surface area contributed by atoms with Crippen molar-refractivity contribution < 1.29 is 17.9 Å². The van der Waals surface area contributed by atoms with Crippen LogP contribution in [0, 0.1) is 0 Å². The summed E-state index contributed by atoms with van der Waals surface area (Å²) in [7, 11) is 1.71. The zero-order chi connectivity index (χ0) is 18.1. The second-order valence-electron chi connectivity index (χ2n) is 5.79. The highest BCUT2D eigenvalue weighted by Crippen LogP contribution is 2.21. The monoisotopic (exact) mass is 355 g/mol. The number of alkyl halides is 3. The Morgan fingerprint density at radius 1 is 1.28 bits per heavy atom. The van der Waals surface area contributed by atoms with Gasteiger partial charge in [0.15, 0.2) is 5.96 Å². The van der Waals surface area contributed by atoms with Gasteiger partial charge in [-0.3, -0.25) is 4.99 Å². The van der Waals surface area contributed by atoms with E-state index in [0.717, 1.165) is 25.5 Å². The fraction of sp³-hybridized carbons (Fsp3) is 0.500. The van der Waals surface area contributed by atoms with E-state index >= 15 is 0 Å². The molecule has 2 rings (SSSR count). The van der Waals surface area contributed by atoms with Crippen molar-refractivity contribution in [3.63, 3.8) is 0 Å². The van der Waals surface area contributed by atoms with Crippen molar-refractivity contribution in [2.75, 3.05) is 39.9 Å². The van der Waals surface area contributed by atoms with Gasteiger partial charge in [-0.15, -0.1) is 0 Å². The summed E-state index contributed by atoms with van der Waals surface area (Å²) in [5, 5.41) is 3.18. The van der Waals surface area contributed by atoms with Crippen molar-refractivity contribution in [2.24, 2.45) is 4.99 Å². The van der Waals surface area contributed by atoms with Gasteiger partial charge in [0.2, 0.25) is 0 Å². The molecule has 1 heterocycles. The summed E-state index contributed by atoms with van der Waals surface area (Å²) in [4.78, 5) is 6.38. The first-order valence-corrected chi connectivity index (χ1v) is 8.34. The Morgan fingerprint density at radius 3 is 2.64 bits per heavy atom. The maximum absolute atomic E-state index is 12.0. The first kappa shape index (κ1) is 19.3. The second-order valence-corrected chi connectivity index (χ2v) is 5.79. The largest absolute Gasteiger partial charge is 0.411 e. The smallest absolute Gasteiger partial charge is 0.372 e. The molecule has 0 saturated carbocycles. The van der Waals surface area contributed by atoms with Crippen molar-refractivity contribution in [1.29, 1.82) is 0 Å². The number of aliphatic imine (C=N–C) groups is 1. The molecule has 0 radical (unpaired) electrons. The van der Waals surface area contributed by atoms with Crippen molar-refractivity contribution in [3.8, 4) is 0 Å². The Labute approximate surface area is 146 Å². The van der Waals surface area contributed by atoms with Crippen LogP contribution in [0.2, 0.25) is 0 Å². The highest BCUT2D eigenvalue weighted by Gasteiger charge is 2.27. The number of rotatable bonds is 6. The molecule has 0 unspecified atom stereocenters. The van der Waals surface area contributed by atoms with Gasteiger partial charge in [0, 0.05) is 33.3 Å². The SMILES string of the molecule is CN=C(NCCCOCC(F)(F)F)N1CC=C(c2ccccc2)CC1. The lowest BCUT2D eigenvalue weighted by molar-refractivity contribution is -0.173. The highest BCUT2D eigenvalue weighted by atomic mass is 19.4. The third-order valence-corrected chi connectivity index (χ3v) is 3.88. The van der Waals surface area contributed by atoms with Crippen molar-refractivity contribution in [2.45, 2.75) is 19.0 Å². The number of nitrogens with one attached hydrogen (secondary N) is 1. The minimum atomic E-state index is -4.26. The summed E-state index contributed by atoms with van der Waals surface area (Å²) < 4.78 is 40.5. The summed E-state index contributed by atoms with van der Waals surface area (Å²) in [5.74, 6) is 0.763. The molecule has 1 aromatic rings. The fourth-order valence-corrected chi connectivity index (χ4v) is 2.67. The molecule has 1 aromatic carbocycles. The second kappa shape index (κ2) is 9.46. The molecule has 0 amide bonds. The molecule has 0 saturated heterocycles. The number of ether oxygens (including phenoxy) is 1. The summed E-state index contributed by atoms with van der Waals surface area (Å²) in [6, 6.07) is 10.3. The molecule has 0 aliphatic carbocycles. The number of guanidine groups is 1. The summed E-state index contributed by atoms with van der Waals surface area (Å²) in [5.41, 5.74) is 2.57. The van der Waals surface area contributed by atoms with Gasteiger partial charge < -0.3 is 15.0 Å². The minimum Gasteiger partial charge on any atom is -0.372 e. The molecule has 0 bridgehead atoms.